The summed E-state index contributed by atoms with van der Waals surface area (Å²) < 4.78 is 5.57. The molecule has 3 unspecified atom stereocenters. The monoisotopic (exact) mass is 243 g/mol. The highest BCUT2D eigenvalue weighted by Crippen LogP contribution is 2.29. The van der Waals surface area contributed by atoms with Gasteiger partial charge in [0.2, 0.25) is 0 Å². The van der Waals surface area contributed by atoms with Crippen molar-refractivity contribution in [2.75, 3.05) is 13.2 Å². The zero-order valence-electron chi connectivity index (χ0n) is 11.6. The molecule has 0 aromatic heterocycles. The second-order valence-corrected chi connectivity index (χ2v) is 5.82. The van der Waals surface area contributed by atoms with Crippen LogP contribution >= 0.6 is 0 Å². The van der Waals surface area contributed by atoms with Crippen LogP contribution in [0.5, 0.6) is 0 Å². The number of ether oxygens (including phenoxy) is 1. The Kier molecular flexibility index (Phi) is 4.55. The number of morpholine rings is 1. The fourth-order valence-corrected chi connectivity index (χ4v) is 2.71. The van der Waals surface area contributed by atoms with Crippen molar-refractivity contribution in [2.45, 2.75) is 58.7 Å². The number of hydrogen-bond acceptors (Lipinski definition) is 3. The average molecular weight is 243 g/mol. The van der Waals surface area contributed by atoms with Gasteiger partial charge in [0.1, 0.15) is 5.54 Å². The Morgan fingerprint density at radius 3 is 2.59 bits per heavy atom. The average Bonchev–Trinajstić information content (AvgIpc) is 2.20. The zero-order chi connectivity index (χ0) is 13.2. The first-order chi connectivity index (χ1) is 7.77. The molecule has 0 spiro atoms. The fourth-order valence-electron chi connectivity index (χ4n) is 2.71. The number of carbonyl (C=O) groups is 1. The molecule has 1 aliphatic rings. The number of carboxylic acid groups (broad SMARTS) is 1. The lowest BCUT2D eigenvalue weighted by atomic mass is 9.87. The van der Waals surface area contributed by atoms with Gasteiger partial charge in [-0.2, -0.15) is 0 Å². The van der Waals surface area contributed by atoms with Crippen molar-refractivity contribution in [3.05, 3.63) is 0 Å². The molecule has 1 fully saturated rings. The molecule has 0 aliphatic carbocycles. The molecule has 0 saturated carbocycles. The number of nitrogens with zero attached hydrogens (tertiary/aromatic N) is 1. The maximum Gasteiger partial charge on any atom is 0.323 e. The molecule has 4 nitrogen and oxygen atoms in total. The third-order valence-electron chi connectivity index (χ3n) is 3.51. The quantitative estimate of drug-likeness (QED) is 0.820. The summed E-state index contributed by atoms with van der Waals surface area (Å²) in [6.07, 6.45) is 0.774. The van der Waals surface area contributed by atoms with E-state index in [0.717, 1.165) is 0 Å². The largest absolute Gasteiger partial charge is 0.480 e. The molecule has 0 aromatic carbocycles. The molecule has 1 heterocycles. The minimum absolute atomic E-state index is 0.108. The normalized spacial score (nSPS) is 30.2. The first-order valence-electron chi connectivity index (χ1n) is 6.39. The minimum Gasteiger partial charge on any atom is -0.480 e. The standard InChI is InChI=1S/C13H25NO3/c1-9(2)6-13(5,12(15)16)14-7-11(4)17-8-10(14)3/h9-11H,6-8H2,1-5H3,(H,15,16). The van der Waals surface area contributed by atoms with Crippen molar-refractivity contribution in [2.24, 2.45) is 5.92 Å². The van der Waals surface area contributed by atoms with Gasteiger partial charge in [-0.15, -0.1) is 0 Å². The van der Waals surface area contributed by atoms with Gasteiger partial charge < -0.3 is 9.84 Å². The van der Waals surface area contributed by atoms with Crippen LogP contribution in [0, 0.1) is 5.92 Å². The van der Waals surface area contributed by atoms with Crippen molar-refractivity contribution in [1.82, 2.24) is 4.90 Å². The lowest BCUT2D eigenvalue weighted by Crippen LogP contribution is -2.62. The third kappa shape index (κ3) is 3.19. The summed E-state index contributed by atoms with van der Waals surface area (Å²) in [6, 6.07) is 0.158. The maximum atomic E-state index is 11.6. The highest BCUT2D eigenvalue weighted by atomic mass is 16.5. The Morgan fingerprint density at radius 2 is 2.12 bits per heavy atom. The smallest absolute Gasteiger partial charge is 0.323 e. The number of hydrogen-bond donors (Lipinski definition) is 1. The Balaban J connectivity index is 2.92. The van der Waals surface area contributed by atoms with Crippen LogP contribution in [-0.2, 0) is 9.53 Å². The third-order valence-corrected chi connectivity index (χ3v) is 3.51. The summed E-state index contributed by atoms with van der Waals surface area (Å²) in [5.74, 6) is -0.367. The summed E-state index contributed by atoms with van der Waals surface area (Å²) >= 11 is 0. The van der Waals surface area contributed by atoms with Crippen LogP contribution in [0.4, 0.5) is 0 Å². The van der Waals surface area contributed by atoms with Gasteiger partial charge >= 0.3 is 5.97 Å². The minimum atomic E-state index is -0.786. The van der Waals surface area contributed by atoms with Gasteiger partial charge in [-0.05, 0) is 33.1 Å². The van der Waals surface area contributed by atoms with E-state index >= 15 is 0 Å². The first-order valence-corrected chi connectivity index (χ1v) is 6.39. The highest BCUT2D eigenvalue weighted by molar-refractivity contribution is 5.78. The molecule has 1 rings (SSSR count). The molecule has 0 radical (unpaired) electrons. The fraction of sp³-hybridized carbons (Fsp3) is 0.923. The lowest BCUT2D eigenvalue weighted by molar-refractivity contribution is -0.162. The summed E-state index contributed by atoms with van der Waals surface area (Å²) in [7, 11) is 0. The maximum absolute atomic E-state index is 11.6. The summed E-state index contributed by atoms with van der Waals surface area (Å²) in [5, 5.41) is 9.56. The van der Waals surface area contributed by atoms with Gasteiger partial charge in [-0.3, -0.25) is 9.69 Å². The van der Waals surface area contributed by atoms with E-state index in [0.29, 0.717) is 25.5 Å². The second-order valence-electron chi connectivity index (χ2n) is 5.82. The van der Waals surface area contributed by atoms with Crippen LogP contribution in [0.1, 0.15) is 41.0 Å². The van der Waals surface area contributed by atoms with Crippen molar-refractivity contribution in [3.63, 3.8) is 0 Å². The van der Waals surface area contributed by atoms with E-state index in [4.69, 9.17) is 4.74 Å². The summed E-state index contributed by atoms with van der Waals surface area (Å²) in [6.45, 7) is 11.3. The first kappa shape index (κ1) is 14.5. The second kappa shape index (κ2) is 5.36. The molecular formula is C13H25NO3. The van der Waals surface area contributed by atoms with Crippen LogP contribution in [0.3, 0.4) is 0 Å². The number of aliphatic carboxylic acids is 1. The topological polar surface area (TPSA) is 49.8 Å². The molecule has 1 N–H and O–H groups in total. The van der Waals surface area contributed by atoms with Gasteiger partial charge in [-0.25, -0.2) is 0 Å². The van der Waals surface area contributed by atoms with E-state index in [-0.39, 0.29) is 12.1 Å². The van der Waals surface area contributed by atoms with E-state index < -0.39 is 11.5 Å². The summed E-state index contributed by atoms with van der Waals surface area (Å²) in [4.78, 5) is 13.7. The van der Waals surface area contributed by atoms with Crippen LogP contribution in [0.15, 0.2) is 0 Å². The molecule has 4 heteroatoms. The molecule has 3 atom stereocenters. The highest BCUT2D eigenvalue weighted by Gasteiger charge is 2.44. The van der Waals surface area contributed by atoms with E-state index in [1.165, 1.54) is 0 Å². The van der Waals surface area contributed by atoms with Crippen LogP contribution in [0.25, 0.3) is 0 Å². The Bertz CT molecular complexity index is 280. The van der Waals surface area contributed by atoms with E-state index in [1.807, 2.05) is 20.8 Å². The van der Waals surface area contributed by atoms with E-state index in [2.05, 4.69) is 18.7 Å². The molecule has 0 amide bonds. The summed E-state index contributed by atoms with van der Waals surface area (Å²) in [5.41, 5.74) is -0.786. The van der Waals surface area contributed by atoms with Gasteiger partial charge in [0.15, 0.2) is 0 Å². The molecule has 100 valence electrons. The van der Waals surface area contributed by atoms with Crippen LogP contribution < -0.4 is 0 Å². The Hall–Kier alpha value is -0.610. The van der Waals surface area contributed by atoms with Crippen LogP contribution in [0.2, 0.25) is 0 Å². The van der Waals surface area contributed by atoms with E-state index in [9.17, 15) is 9.90 Å². The SMILES string of the molecule is CC(C)CC(C)(C(=O)O)N1CC(C)OCC1C. The van der Waals surface area contributed by atoms with Crippen molar-refractivity contribution < 1.29 is 14.6 Å². The van der Waals surface area contributed by atoms with Gasteiger partial charge in [0, 0.05) is 12.6 Å². The Labute approximate surface area is 104 Å². The molecule has 0 aromatic rings. The van der Waals surface area contributed by atoms with Gasteiger partial charge in [0.05, 0.1) is 12.7 Å². The zero-order valence-corrected chi connectivity index (χ0v) is 11.6. The molecule has 1 saturated heterocycles. The number of carboxylic acids is 1. The van der Waals surface area contributed by atoms with Crippen molar-refractivity contribution >= 4 is 5.97 Å². The molecular weight excluding hydrogens is 218 g/mol. The molecule has 17 heavy (non-hydrogen) atoms. The lowest BCUT2D eigenvalue weighted by Gasteiger charge is -2.46. The van der Waals surface area contributed by atoms with Crippen molar-refractivity contribution in [3.8, 4) is 0 Å². The predicted molar refractivity (Wildman–Crippen MR) is 67.1 cm³/mol. The molecule has 0 bridgehead atoms. The van der Waals surface area contributed by atoms with E-state index in [1.54, 1.807) is 0 Å². The van der Waals surface area contributed by atoms with Gasteiger partial charge in [0.25, 0.3) is 0 Å². The van der Waals surface area contributed by atoms with Crippen LogP contribution in [-0.4, -0.2) is 46.8 Å². The number of rotatable bonds is 4. The van der Waals surface area contributed by atoms with Crippen molar-refractivity contribution in [1.29, 1.82) is 0 Å². The predicted octanol–water partition coefficient (Wildman–Crippen LogP) is 1.98. The Morgan fingerprint density at radius 1 is 1.53 bits per heavy atom. The molecule has 1 aliphatic heterocycles. The van der Waals surface area contributed by atoms with Gasteiger partial charge in [-0.1, -0.05) is 13.8 Å².